The number of esters is 1. The van der Waals surface area contributed by atoms with Crippen LogP contribution in [-0.4, -0.2) is 42.5 Å². The summed E-state index contributed by atoms with van der Waals surface area (Å²) < 4.78 is 4.40. The first kappa shape index (κ1) is 19.4. The Morgan fingerprint density at radius 1 is 1.29 bits per heavy atom. The van der Waals surface area contributed by atoms with Crippen molar-refractivity contribution >= 4 is 35.3 Å². The lowest BCUT2D eigenvalue weighted by molar-refractivity contribution is -0.137. The van der Waals surface area contributed by atoms with Crippen molar-refractivity contribution in [2.24, 2.45) is 5.16 Å². The molecule has 1 rings (SSSR count). The molecule has 0 saturated heterocycles. The van der Waals surface area contributed by atoms with Gasteiger partial charge >= 0.3 is 18.0 Å². The van der Waals surface area contributed by atoms with Gasteiger partial charge in [0.2, 0.25) is 0 Å². The van der Waals surface area contributed by atoms with Crippen LogP contribution < -0.4 is 5.32 Å². The molecule has 1 aromatic carbocycles. The number of rotatable bonds is 7. The predicted molar refractivity (Wildman–Crippen MR) is 86.1 cm³/mol. The molecule has 0 radical (unpaired) electrons. The van der Waals surface area contributed by atoms with E-state index in [4.69, 9.17) is 16.7 Å². The summed E-state index contributed by atoms with van der Waals surface area (Å²) in [5.41, 5.74) is 0.573. The fourth-order valence-electron chi connectivity index (χ4n) is 1.79. The third-order valence-electron chi connectivity index (χ3n) is 3.00. The van der Waals surface area contributed by atoms with E-state index in [0.717, 1.165) is 0 Å². The summed E-state index contributed by atoms with van der Waals surface area (Å²) in [6, 6.07) is 6.63. The van der Waals surface area contributed by atoms with E-state index in [-0.39, 0.29) is 18.7 Å². The highest BCUT2D eigenvalue weighted by atomic mass is 35.5. The van der Waals surface area contributed by atoms with Gasteiger partial charge in [0.05, 0.1) is 13.5 Å². The Morgan fingerprint density at radius 3 is 2.46 bits per heavy atom. The first-order valence-electron chi connectivity index (χ1n) is 6.88. The SMILES string of the molecule is COC(=O)C(C)=NOC(=O)NCC(CC(=O)O)c1ccc(Cl)cc1. The van der Waals surface area contributed by atoms with Crippen LogP contribution in [0.4, 0.5) is 4.79 Å². The number of carboxylic acid groups (broad SMARTS) is 1. The fraction of sp³-hybridized carbons (Fsp3) is 0.333. The summed E-state index contributed by atoms with van der Waals surface area (Å²) in [5, 5.41) is 15.2. The number of nitrogens with zero attached hydrogens (tertiary/aromatic N) is 1. The number of carbonyl (C=O) groups is 3. The zero-order valence-corrected chi connectivity index (χ0v) is 13.9. The van der Waals surface area contributed by atoms with E-state index < -0.39 is 23.9 Å². The minimum absolute atomic E-state index is 0.0134. The molecule has 1 amide bonds. The van der Waals surface area contributed by atoms with E-state index >= 15 is 0 Å². The van der Waals surface area contributed by atoms with E-state index in [9.17, 15) is 14.4 Å². The second-order valence-electron chi connectivity index (χ2n) is 4.77. The summed E-state index contributed by atoms with van der Waals surface area (Å²) in [5.74, 6) is -2.21. The topological polar surface area (TPSA) is 114 Å². The number of methoxy groups -OCH3 is 1. The third kappa shape index (κ3) is 6.66. The lowest BCUT2D eigenvalue weighted by atomic mass is 9.96. The molecule has 2 N–H and O–H groups in total. The van der Waals surface area contributed by atoms with E-state index in [0.29, 0.717) is 10.6 Å². The maximum Gasteiger partial charge on any atom is 0.433 e. The van der Waals surface area contributed by atoms with Crippen molar-refractivity contribution in [3.8, 4) is 0 Å². The van der Waals surface area contributed by atoms with Crippen LogP contribution in [0.3, 0.4) is 0 Å². The van der Waals surface area contributed by atoms with E-state index in [1.807, 2.05) is 0 Å². The number of carboxylic acids is 1. The molecule has 1 unspecified atom stereocenters. The monoisotopic (exact) mass is 356 g/mol. The zero-order valence-electron chi connectivity index (χ0n) is 13.1. The van der Waals surface area contributed by atoms with Gasteiger partial charge in [-0.2, -0.15) is 0 Å². The van der Waals surface area contributed by atoms with Gasteiger partial charge in [-0.15, -0.1) is 0 Å². The number of hydrogen-bond donors (Lipinski definition) is 2. The van der Waals surface area contributed by atoms with E-state index in [1.54, 1.807) is 24.3 Å². The average Bonchev–Trinajstić information content (AvgIpc) is 2.56. The highest BCUT2D eigenvalue weighted by molar-refractivity contribution is 6.35. The Kier molecular flexibility index (Phi) is 7.70. The summed E-state index contributed by atoms with van der Waals surface area (Å²) in [6.45, 7) is 1.33. The van der Waals surface area contributed by atoms with Crippen molar-refractivity contribution in [1.82, 2.24) is 5.32 Å². The minimum Gasteiger partial charge on any atom is -0.481 e. The maximum absolute atomic E-state index is 11.6. The Balaban J connectivity index is 2.64. The van der Waals surface area contributed by atoms with Gasteiger partial charge in [0.25, 0.3) is 0 Å². The van der Waals surface area contributed by atoms with Crippen LogP contribution in [0, 0.1) is 0 Å². The molecule has 1 atom stereocenters. The Labute approximate surface area is 143 Å². The molecule has 0 aliphatic heterocycles. The quantitative estimate of drug-likeness (QED) is 0.335. The first-order chi connectivity index (χ1) is 11.3. The van der Waals surface area contributed by atoms with Crippen molar-refractivity contribution in [3.63, 3.8) is 0 Å². The van der Waals surface area contributed by atoms with E-state index in [1.165, 1.54) is 14.0 Å². The highest BCUT2D eigenvalue weighted by Crippen LogP contribution is 2.21. The van der Waals surface area contributed by atoms with Gasteiger partial charge in [-0.1, -0.05) is 28.9 Å². The van der Waals surface area contributed by atoms with Crippen LogP contribution in [-0.2, 0) is 19.2 Å². The Morgan fingerprint density at radius 2 is 1.92 bits per heavy atom. The van der Waals surface area contributed by atoms with Gasteiger partial charge in [-0.3, -0.25) is 9.63 Å². The van der Waals surface area contributed by atoms with Crippen molar-refractivity contribution in [2.75, 3.05) is 13.7 Å². The molecular formula is C15H17ClN2O6. The van der Waals surface area contributed by atoms with Gasteiger partial charge in [0.1, 0.15) is 0 Å². The summed E-state index contributed by atoms with van der Waals surface area (Å²) in [4.78, 5) is 38.1. The molecule has 0 spiro atoms. The molecule has 0 fully saturated rings. The second-order valence-corrected chi connectivity index (χ2v) is 5.21. The highest BCUT2D eigenvalue weighted by Gasteiger charge is 2.17. The second kappa shape index (κ2) is 9.51. The van der Waals surface area contributed by atoms with Gasteiger partial charge in [-0.25, -0.2) is 9.59 Å². The van der Waals surface area contributed by atoms with Crippen LogP contribution in [0.25, 0.3) is 0 Å². The normalized spacial score (nSPS) is 12.2. The molecule has 8 nitrogen and oxygen atoms in total. The number of nitrogens with one attached hydrogen (secondary N) is 1. The number of hydrogen-bond acceptors (Lipinski definition) is 6. The number of ether oxygens (including phenoxy) is 1. The summed E-state index contributed by atoms with van der Waals surface area (Å²) in [6.07, 6.45) is -1.10. The Hall–Kier alpha value is -2.61. The predicted octanol–water partition coefficient (Wildman–Crippen LogP) is 2.17. The number of oxime groups is 1. The van der Waals surface area contributed by atoms with Crippen LogP contribution in [0.5, 0.6) is 0 Å². The molecule has 0 saturated carbocycles. The molecule has 0 aliphatic rings. The van der Waals surface area contributed by atoms with Crippen LogP contribution >= 0.6 is 11.6 Å². The van der Waals surface area contributed by atoms with Gasteiger partial charge < -0.3 is 15.2 Å². The number of carbonyl (C=O) groups excluding carboxylic acids is 2. The van der Waals surface area contributed by atoms with Crippen molar-refractivity contribution in [3.05, 3.63) is 34.9 Å². The average molecular weight is 357 g/mol. The molecule has 0 heterocycles. The molecular weight excluding hydrogens is 340 g/mol. The minimum atomic E-state index is -1.01. The number of aliphatic carboxylic acids is 1. The van der Waals surface area contributed by atoms with Crippen molar-refractivity contribution in [2.45, 2.75) is 19.3 Å². The number of halogens is 1. The largest absolute Gasteiger partial charge is 0.481 e. The molecule has 9 heteroatoms. The first-order valence-corrected chi connectivity index (χ1v) is 7.26. The summed E-state index contributed by atoms with van der Waals surface area (Å²) >= 11 is 5.80. The fourth-order valence-corrected chi connectivity index (χ4v) is 1.91. The molecule has 0 aromatic heterocycles. The van der Waals surface area contributed by atoms with Gasteiger partial charge in [0.15, 0.2) is 5.71 Å². The molecule has 0 bridgehead atoms. The van der Waals surface area contributed by atoms with Crippen molar-refractivity contribution < 1.29 is 29.1 Å². The smallest absolute Gasteiger partial charge is 0.433 e. The standard InChI is InChI=1S/C15H17ClN2O6/c1-9(14(21)23-2)18-24-15(22)17-8-11(7-13(19)20)10-3-5-12(16)6-4-10/h3-6,11H,7-8H2,1-2H3,(H,17,22)(H,19,20). The lowest BCUT2D eigenvalue weighted by Gasteiger charge is -2.15. The van der Waals surface area contributed by atoms with E-state index in [2.05, 4.69) is 20.0 Å². The van der Waals surface area contributed by atoms with Crippen molar-refractivity contribution in [1.29, 1.82) is 0 Å². The third-order valence-corrected chi connectivity index (χ3v) is 3.25. The molecule has 130 valence electrons. The van der Waals surface area contributed by atoms with Crippen LogP contribution in [0.15, 0.2) is 29.4 Å². The van der Waals surface area contributed by atoms with Crippen LogP contribution in [0.2, 0.25) is 5.02 Å². The zero-order chi connectivity index (χ0) is 18.1. The summed E-state index contributed by atoms with van der Waals surface area (Å²) in [7, 11) is 1.17. The molecule has 1 aromatic rings. The van der Waals surface area contributed by atoms with Crippen LogP contribution in [0.1, 0.15) is 24.8 Å². The number of amides is 1. The maximum atomic E-state index is 11.6. The number of benzene rings is 1. The molecule has 24 heavy (non-hydrogen) atoms. The Bertz CT molecular complexity index is 629. The lowest BCUT2D eigenvalue weighted by Crippen LogP contribution is -2.29. The molecule has 0 aliphatic carbocycles. The van der Waals surface area contributed by atoms with Gasteiger partial charge in [0, 0.05) is 17.5 Å². The van der Waals surface area contributed by atoms with Gasteiger partial charge in [-0.05, 0) is 24.6 Å².